The first-order valence-corrected chi connectivity index (χ1v) is 8.02. The number of fused-ring (bicyclic) bond motifs is 1. The van der Waals surface area contributed by atoms with Gasteiger partial charge in [-0.3, -0.25) is 4.79 Å². The molecule has 0 aliphatic heterocycles. The zero-order valence-electron chi connectivity index (χ0n) is 13.3. The lowest BCUT2D eigenvalue weighted by molar-refractivity contribution is -0.121. The minimum absolute atomic E-state index is 0.0246. The lowest BCUT2D eigenvalue weighted by Crippen LogP contribution is -2.27. The van der Waals surface area contributed by atoms with Crippen LogP contribution in [0.15, 0.2) is 54.6 Å². The molecule has 1 heterocycles. The summed E-state index contributed by atoms with van der Waals surface area (Å²) >= 11 is 0. The summed E-state index contributed by atoms with van der Waals surface area (Å²) in [6.07, 6.45) is 1.73. The summed E-state index contributed by atoms with van der Waals surface area (Å²) in [6.45, 7) is 2.89. The van der Waals surface area contributed by atoms with Crippen LogP contribution in [0, 0.1) is 0 Å². The fraction of sp³-hybridized carbons (Fsp3) is 0.263. The van der Waals surface area contributed by atoms with Gasteiger partial charge in [-0.05, 0) is 31.0 Å². The van der Waals surface area contributed by atoms with Gasteiger partial charge in [0.2, 0.25) is 5.91 Å². The van der Waals surface area contributed by atoms with Gasteiger partial charge in [0.1, 0.15) is 12.4 Å². The number of aromatic nitrogens is 2. The highest BCUT2D eigenvalue weighted by atomic mass is 16.1. The normalized spacial score (nSPS) is 10.8. The second kappa shape index (κ2) is 7.09. The first-order chi connectivity index (χ1) is 11.3. The van der Waals surface area contributed by atoms with Crippen molar-refractivity contribution in [3.05, 3.63) is 66.0 Å². The molecule has 0 fully saturated rings. The first-order valence-electron chi connectivity index (χ1n) is 8.02. The number of nitrogens with one attached hydrogen (secondary N) is 1. The predicted octanol–water partition coefficient (Wildman–Crippen LogP) is 2.96. The van der Waals surface area contributed by atoms with Crippen LogP contribution in [0.1, 0.15) is 18.3 Å². The highest BCUT2D eigenvalue weighted by Crippen LogP contribution is 2.17. The summed E-state index contributed by atoms with van der Waals surface area (Å²) in [4.78, 5) is 16.7. The number of hydrogen-bond donors (Lipinski definition) is 1. The third-order valence-electron chi connectivity index (χ3n) is 3.89. The molecule has 3 rings (SSSR count). The van der Waals surface area contributed by atoms with Gasteiger partial charge < -0.3 is 9.88 Å². The number of nitrogens with zero attached hydrogens (tertiary/aromatic N) is 2. The zero-order chi connectivity index (χ0) is 16.1. The van der Waals surface area contributed by atoms with Crippen molar-refractivity contribution in [3.8, 4) is 0 Å². The number of imidazole rings is 1. The second-order valence-electron chi connectivity index (χ2n) is 5.54. The highest BCUT2D eigenvalue weighted by Gasteiger charge is 2.13. The van der Waals surface area contributed by atoms with Gasteiger partial charge >= 0.3 is 0 Å². The Balaban J connectivity index is 1.87. The van der Waals surface area contributed by atoms with Gasteiger partial charge in [0.25, 0.3) is 0 Å². The molecule has 4 heteroatoms. The van der Waals surface area contributed by atoms with Crippen molar-refractivity contribution in [3.63, 3.8) is 0 Å². The molecule has 118 valence electrons. The van der Waals surface area contributed by atoms with Crippen LogP contribution in [0.3, 0.4) is 0 Å². The number of para-hydroxylation sites is 2. The Labute approximate surface area is 136 Å². The molecule has 0 aliphatic carbocycles. The van der Waals surface area contributed by atoms with Gasteiger partial charge in [-0.25, -0.2) is 4.98 Å². The number of hydrogen-bond acceptors (Lipinski definition) is 2. The van der Waals surface area contributed by atoms with Crippen molar-refractivity contribution in [2.24, 2.45) is 0 Å². The number of carbonyl (C=O) groups excluding carboxylic acids is 1. The Bertz CT molecular complexity index is 793. The Morgan fingerprint density at radius 3 is 2.57 bits per heavy atom. The topological polar surface area (TPSA) is 46.9 Å². The van der Waals surface area contributed by atoms with Gasteiger partial charge in [0, 0.05) is 13.0 Å². The van der Waals surface area contributed by atoms with E-state index in [9.17, 15) is 4.79 Å². The van der Waals surface area contributed by atoms with E-state index in [1.807, 2.05) is 54.0 Å². The quantitative estimate of drug-likeness (QED) is 0.761. The van der Waals surface area contributed by atoms with Crippen LogP contribution in [-0.4, -0.2) is 22.0 Å². The molecule has 1 aromatic heterocycles. The molecule has 1 amide bonds. The van der Waals surface area contributed by atoms with E-state index >= 15 is 0 Å². The van der Waals surface area contributed by atoms with Crippen LogP contribution in [0.25, 0.3) is 11.0 Å². The Hall–Kier alpha value is -2.62. The van der Waals surface area contributed by atoms with Crippen molar-refractivity contribution in [2.75, 3.05) is 6.54 Å². The van der Waals surface area contributed by atoms with Crippen molar-refractivity contribution in [2.45, 2.75) is 26.3 Å². The zero-order valence-corrected chi connectivity index (χ0v) is 13.3. The van der Waals surface area contributed by atoms with Crippen LogP contribution >= 0.6 is 0 Å². The SMILES string of the molecule is CCNC(=O)Cn1c(CCc2ccccc2)nc2ccccc21. The number of carbonyl (C=O) groups is 1. The van der Waals surface area contributed by atoms with Gasteiger partial charge in [-0.1, -0.05) is 42.5 Å². The lowest BCUT2D eigenvalue weighted by Gasteiger charge is -2.09. The fourth-order valence-electron chi connectivity index (χ4n) is 2.79. The van der Waals surface area contributed by atoms with E-state index in [0.29, 0.717) is 13.1 Å². The molecule has 0 atom stereocenters. The average molecular weight is 307 g/mol. The predicted molar refractivity (Wildman–Crippen MR) is 92.3 cm³/mol. The van der Waals surface area contributed by atoms with Crippen molar-refractivity contribution < 1.29 is 4.79 Å². The Kier molecular flexibility index (Phi) is 4.71. The lowest BCUT2D eigenvalue weighted by atomic mass is 10.1. The van der Waals surface area contributed by atoms with Gasteiger partial charge in [0.15, 0.2) is 0 Å². The van der Waals surface area contributed by atoms with Crippen molar-refractivity contribution >= 4 is 16.9 Å². The van der Waals surface area contributed by atoms with E-state index in [2.05, 4.69) is 17.4 Å². The maximum absolute atomic E-state index is 12.0. The van der Waals surface area contributed by atoms with Crippen LogP contribution < -0.4 is 5.32 Å². The molecule has 0 bridgehead atoms. The molecule has 0 radical (unpaired) electrons. The van der Waals surface area contributed by atoms with Gasteiger partial charge in [0.05, 0.1) is 11.0 Å². The molecule has 0 spiro atoms. The Morgan fingerprint density at radius 2 is 1.78 bits per heavy atom. The van der Waals surface area contributed by atoms with E-state index in [1.54, 1.807) is 0 Å². The maximum Gasteiger partial charge on any atom is 0.239 e. The van der Waals surface area contributed by atoms with E-state index in [1.165, 1.54) is 5.56 Å². The van der Waals surface area contributed by atoms with Gasteiger partial charge in [-0.15, -0.1) is 0 Å². The summed E-state index contributed by atoms with van der Waals surface area (Å²) in [7, 11) is 0. The second-order valence-corrected chi connectivity index (χ2v) is 5.54. The van der Waals surface area contributed by atoms with Crippen molar-refractivity contribution in [1.29, 1.82) is 0 Å². The molecular formula is C19H21N3O. The molecule has 3 aromatic rings. The Morgan fingerprint density at radius 1 is 1.04 bits per heavy atom. The average Bonchev–Trinajstić information content (AvgIpc) is 2.92. The molecule has 4 nitrogen and oxygen atoms in total. The van der Waals surface area contributed by atoms with E-state index in [0.717, 1.165) is 29.7 Å². The molecular weight excluding hydrogens is 286 g/mol. The molecule has 0 unspecified atom stereocenters. The number of rotatable bonds is 6. The summed E-state index contributed by atoms with van der Waals surface area (Å²) in [6, 6.07) is 18.3. The number of aryl methyl sites for hydroxylation is 2. The van der Waals surface area contributed by atoms with E-state index in [-0.39, 0.29) is 5.91 Å². The third kappa shape index (κ3) is 3.59. The number of amides is 1. The van der Waals surface area contributed by atoms with Crippen LogP contribution in [0.2, 0.25) is 0 Å². The number of likely N-dealkylation sites (N-methyl/N-ethyl adjacent to an activating group) is 1. The smallest absolute Gasteiger partial charge is 0.239 e. The molecule has 1 N–H and O–H groups in total. The monoisotopic (exact) mass is 307 g/mol. The summed E-state index contributed by atoms with van der Waals surface area (Å²) in [5.41, 5.74) is 3.24. The molecule has 0 saturated heterocycles. The minimum atomic E-state index is 0.0246. The van der Waals surface area contributed by atoms with Gasteiger partial charge in [-0.2, -0.15) is 0 Å². The molecule has 0 saturated carbocycles. The number of benzene rings is 2. The largest absolute Gasteiger partial charge is 0.355 e. The van der Waals surface area contributed by atoms with E-state index < -0.39 is 0 Å². The molecule has 23 heavy (non-hydrogen) atoms. The van der Waals surface area contributed by atoms with Crippen LogP contribution in [-0.2, 0) is 24.2 Å². The van der Waals surface area contributed by atoms with E-state index in [4.69, 9.17) is 4.98 Å². The summed E-state index contributed by atoms with van der Waals surface area (Å²) in [5.74, 6) is 0.984. The minimum Gasteiger partial charge on any atom is -0.355 e. The summed E-state index contributed by atoms with van der Waals surface area (Å²) in [5, 5.41) is 2.86. The van der Waals surface area contributed by atoms with Crippen LogP contribution in [0.5, 0.6) is 0 Å². The third-order valence-corrected chi connectivity index (χ3v) is 3.89. The van der Waals surface area contributed by atoms with Crippen LogP contribution in [0.4, 0.5) is 0 Å². The standard InChI is InChI=1S/C19H21N3O/c1-2-20-19(23)14-22-17-11-7-6-10-16(17)21-18(22)13-12-15-8-4-3-5-9-15/h3-11H,2,12-14H2,1H3,(H,20,23). The van der Waals surface area contributed by atoms with Crippen molar-refractivity contribution in [1.82, 2.24) is 14.9 Å². The molecule has 0 aliphatic rings. The molecule has 2 aromatic carbocycles. The summed E-state index contributed by atoms with van der Waals surface area (Å²) < 4.78 is 2.03. The highest BCUT2D eigenvalue weighted by molar-refractivity contribution is 5.81. The first kappa shape index (κ1) is 15.3. The fourth-order valence-corrected chi connectivity index (χ4v) is 2.79. The maximum atomic E-state index is 12.0.